The van der Waals surface area contributed by atoms with Crippen molar-refractivity contribution < 1.29 is 48.3 Å². The van der Waals surface area contributed by atoms with Crippen molar-refractivity contribution >= 4 is 23.9 Å². The van der Waals surface area contributed by atoms with Crippen LogP contribution in [0.3, 0.4) is 0 Å². The maximum absolute atomic E-state index is 13.6. The van der Waals surface area contributed by atoms with Gasteiger partial charge in [-0.2, -0.15) is 0 Å². The lowest BCUT2D eigenvalue weighted by atomic mass is 9.94. The van der Waals surface area contributed by atoms with Crippen LogP contribution in [-0.2, 0) is 46.4 Å². The van der Waals surface area contributed by atoms with E-state index >= 15 is 0 Å². The highest BCUT2D eigenvalue weighted by atomic mass is 16.7. The number of ether oxygens (including phenoxy) is 4. The van der Waals surface area contributed by atoms with Crippen molar-refractivity contribution in [2.24, 2.45) is 5.92 Å². The summed E-state index contributed by atoms with van der Waals surface area (Å²) in [5.74, 6) is -2.28. The third-order valence-corrected chi connectivity index (χ3v) is 7.59. The normalized spacial score (nSPS) is 22.0. The molecule has 49 heavy (non-hydrogen) atoms. The number of alkyl carbamates (subject to hydrolysis) is 1. The smallest absolute Gasteiger partial charge is 0.408 e. The Balaban J connectivity index is 1.85. The lowest BCUT2D eigenvalue weighted by Gasteiger charge is -2.42. The third kappa shape index (κ3) is 12.4. The summed E-state index contributed by atoms with van der Waals surface area (Å²) in [5.41, 5.74) is 1.71. The topological polar surface area (TPSA) is 182 Å². The number of aliphatic hydroxyl groups excluding tert-OH is 2. The number of hydrogen-bond acceptors (Lipinski definition) is 10. The monoisotopic (exact) mass is 685 g/mol. The lowest BCUT2D eigenvalue weighted by molar-refractivity contribution is -0.263. The van der Waals surface area contributed by atoms with Gasteiger partial charge in [0, 0.05) is 6.42 Å². The first-order chi connectivity index (χ1) is 23.1. The molecule has 0 aromatic heterocycles. The van der Waals surface area contributed by atoms with Crippen LogP contribution in [0.1, 0.15) is 64.7 Å². The predicted octanol–water partition coefficient (Wildman–Crippen LogP) is 2.67. The first-order valence-electron chi connectivity index (χ1n) is 16.6. The van der Waals surface area contributed by atoms with Gasteiger partial charge in [-0.3, -0.25) is 9.59 Å². The molecule has 0 saturated carbocycles. The highest BCUT2D eigenvalue weighted by Gasteiger charge is 2.49. The van der Waals surface area contributed by atoms with Gasteiger partial charge < -0.3 is 45.1 Å². The van der Waals surface area contributed by atoms with Crippen molar-refractivity contribution in [1.29, 1.82) is 0 Å². The first-order valence-corrected chi connectivity index (χ1v) is 16.6. The lowest BCUT2D eigenvalue weighted by Crippen LogP contribution is -2.68. The number of carbonyl (C=O) groups is 4. The Labute approximate surface area is 288 Å². The third-order valence-electron chi connectivity index (χ3n) is 7.59. The van der Waals surface area contributed by atoms with E-state index in [1.54, 1.807) is 52.0 Å². The van der Waals surface area contributed by atoms with Gasteiger partial charge in [0.2, 0.25) is 5.91 Å². The van der Waals surface area contributed by atoms with Gasteiger partial charge >= 0.3 is 12.1 Å². The predicted molar refractivity (Wildman–Crippen MR) is 180 cm³/mol. The Morgan fingerprint density at radius 2 is 1.55 bits per heavy atom. The second-order valence-electron chi connectivity index (χ2n) is 13.6. The minimum atomic E-state index is -1.84. The number of carbonyl (C=O) groups excluding carboxylic acids is 4. The van der Waals surface area contributed by atoms with E-state index < -0.39 is 72.2 Å². The highest BCUT2D eigenvalue weighted by molar-refractivity contribution is 5.88. The summed E-state index contributed by atoms with van der Waals surface area (Å²) in [6, 6.07) is 12.9. The summed E-state index contributed by atoms with van der Waals surface area (Å²) in [5, 5.41) is 30.4. The van der Waals surface area contributed by atoms with E-state index in [2.05, 4.69) is 16.0 Å². The largest absolute Gasteiger partial charge is 0.464 e. The molecule has 270 valence electrons. The van der Waals surface area contributed by atoms with Crippen molar-refractivity contribution in [2.45, 2.75) is 116 Å². The average molecular weight is 686 g/mol. The van der Waals surface area contributed by atoms with E-state index in [4.69, 9.17) is 18.9 Å². The van der Waals surface area contributed by atoms with Gasteiger partial charge in [0.25, 0.3) is 5.91 Å². The molecule has 1 aliphatic heterocycles. The van der Waals surface area contributed by atoms with Crippen LogP contribution in [0.4, 0.5) is 4.79 Å². The minimum Gasteiger partial charge on any atom is -0.464 e. The Bertz CT molecular complexity index is 1380. The van der Waals surface area contributed by atoms with Crippen LogP contribution in [0, 0.1) is 12.8 Å². The molecule has 0 aliphatic carbocycles. The zero-order valence-electron chi connectivity index (χ0n) is 29.3. The van der Waals surface area contributed by atoms with E-state index in [9.17, 15) is 29.4 Å². The summed E-state index contributed by atoms with van der Waals surface area (Å²) in [4.78, 5) is 52.7. The fourth-order valence-corrected chi connectivity index (χ4v) is 5.20. The van der Waals surface area contributed by atoms with E-state index in [1.165, 1.54) is 0 Å². The van der Waals surface area contributed by atoms with E-state index in [1.807, 2.05) is 51.1 Å². The number of rotatable bonds is 14. The number of nitrogens with one attached hydrogen (secondary N) is 3. The van der Waals surface area contributed by atoms with Crippen LogP contribution in [0.15, 0.2) is 54.6 Å². The van der Waals surface area contributed by atoms with Crippen molar-refractivity contribution in [3.8, 4) is 0 Å². The van der Waals surface area contributed by atoms with Crippen LogP contribution in [-0.4, -0.2) is 89.0 Å². The molecule has 1 unspecified atom stereocenters. The van der Waals surface area contributed by atoms with Crippen LogP contribution in [0.5, 0.6) is 0 Å². The van der Waals surface area contributed by atoms with Gasteiger partial charge in [-0.05, 0) is 58.1 Å². The quantitative estimate of drug-likeness (QED) is 0.186. The van der Waals surface area contributed by atoms with Crippen LogP contribution >= 0.6 is 0 Å². The number of hydrogen-bond donors (Lipinski definition) is 5. The maximum Gasteiger partial charge on any atom is 0.408 e. The minimum absolute atomic E-state index is 0.0192. The van der Waals surface area contributed by atoms with Crippen molar-refractivity contribution in [3.05, 3.63) is 71.3 Å². The number of benzene rings is 2. The molecule has 7 atom stereocenters. The summed E-state index contributed by atoms with van der Waals surface area (Å²) >= 11 is 0. The molecular formula is C36H51N3O10. The number of aryl methyl sites for hydroxylation is 1. The molecule has 13 nitrogen and oxygen atoms in total. The van der Waals surface area contributed by atoms with Crippen LogP contribution in [0.25, 0.3) is 0 Å². The summed E-state index contributed by atoms with van der Waals surface area (Å²) in [6.45, 7) is 12.4. The molecule has 1 saturated heterocycles. The number of amides is 3. The molecule has 3 rings (SSSR count). The molecule has 2 aromatic rings. The molecule has 0 spiro atoms. The van der Waals surface area contributed by atoms with Gasteiger partial charge in [-0.1, -0.05) is 74.0 Å². The fraction of sp³-hybridized carbons (Fsp3) is 0.556. The maximum atomic E-state index is 13.6. The molecule has 13 heteroatoms. The van der Waals surface area contributed by atoms with Crippen LogP contribution in [0.2, 0.25) is 0 Å². The van der Waals surface area contributed by atoms with Crippen LogP contribution < -0.4 is 16.0 Å². The van der Waals surface area contributed by atoms with Crippen molar-refractivity contribution in [3.63, 3.8) is 0 Å². The van der Waals surface area contributed by atoms with Crippen molar-refractivity contribution in [1.82, 2.24) is 16.0 Å². The van der Waals surface area contributed by atoms with E-state index in [0.717, 1.165) is 16.7 Å². The molecule has 3 amide bonds. The van der Waals surface area contributed by atoms with Gasteiger partial charge in [0.05, 0.1) is 13.2 Å². The Kier molecular flexibility index (Phi) is 14.5. The molecular weight excluding hydrogens is 634 g/mol. The number of esters is 1. The molecule has 0 bridgehead atoms. The van der Waals surface area contributed by atoms with Crippen molar-refractivity contribution in [2.75, 3.05) is 6.61 Å². The standard InChI is InChI=1S/C36H51N3O10/c1-8-46-33(44)26(19-23-16-14-22(4)15-17-23)37-32(43)30-29(41)28(40)27(34(48-30)47-20-24-12-10-9-11-13-24)39-31(42)25(18-21(2)3)38-35(45)49-36(5,6)7/h9-17,21,25-30,34,40-41H,8,18-20H2,1-7H3,(H,37,43)(H,38,45)(H,39,42)/t25-,26+,27?,28+,29+,30-,34-/m0/s1. The molecule has 1 aliphatic rings. The Morgan fingerprint density at radius 1 is 0.898 bits per heavy atom. The zero-order chi connectivity index (χ0) is 36.3. The Hall–Kier alpha value is -4.04. The van der Waals surface area contributed by atoms with Gasteiger partial charge in [-0.15, -0.1) is 0 Å². The summed E-state index contributed by atoms with van der Waals surface area (Å²) < 4.78 is 22.5. The highest BCUT2D eigenvalue weighted by Crippen LogP contribution is 2.25. The Morgan fingerprint density at radius 3 is 2.14 bits per heavy atom. The molecule has 0 radical (unpaired) electrons. The van der Waals surface area contributed by atoms with Gasteiger partial charge in [-0.25, -0.2) is 9.59 Å². The first kappa shape index (κ1) is 39.4. The molecule has 1 heterocycles. The van der Waals surface area contributed by atoms with Gasteiger partial charge in [0.15, 0.2) is 12.4 Å². The second kappa shape index (κ2) is 18.1. The average Bonchev–Trinajstić information content (AvgIpc) is 3.02. The van der Waals surface area contributed by atoms with E-state index in [0.29, 0.717) is 0 Å². The zero-order valence-corrected chi connectivity index (χ0v) is 29.3. The summed E-state index contributed by atoms with van der Waals surface area (Å²) in [6.07, 6.45) is -7.19. The molecule has 1 fully saturated rings. The summed E-state index contributed by atoms with van der Waals surface area (Å²) in [7, 11) is 0. The van der Waals surface area contributed by atoms with Gasteiger partial charge in [0.1, 0.15) is 35.9 Å². The molecule has 5 N–H and O–H groups in total. The second-order valence-corrected chi connectivity index (χ2v) is 13.6. The fourth-order valence-electron chi connectivity index (χ4n) is 5.20. The SMILES string of the molecule is CCOC(=O)[C@@H](Cc1ccc(C)cc1)NC(=O)[C@H]1O[C@H](OCc2ccccc2)C(NC(=O)[C@H](CC(C)C)NC(=O)OC(C)(C)C)[C@@H](O)[C@H]1O. The number of aliphatic hydroxyl groups is 2. The molecule has 2 aromatic carbocycles. The van der Waals surface area contributed by atoms with E-state index in [-0.39, 0.29) is 32.0 Å².